The number of aromatic nitrogens is 3. The maximum absolute atomic E-state index is 12.7. The van der Waals surface area contributed by atoms with Crippen LogP contribution in [-0.2, 0) is 24.3 Å². The number of nitrogens with one attached hydrogen (secondary N) is 1. The minimum atomic E-state index is -0.0663. The normalized spacial score (nSPS) is 10.4. The fourth-order valence-electron chi connectivity index (χ4n) is 2.42. The lowest BCUT2D eigenvalue weighted by Crippen LogP contribution is -2.34. The van der Waals surface area contributed by atoms with Gasteiger partial charge in [0.1, 0.15) is 12.4 Å². The van der Waals surface area contributed by atoms with E-state index in [0.717, 1.165) is 24.2 Å². The Kier molecular flexibility index (Phi) is 6.33. The first-order valence-corrected chi connectivity index (χ1v) is 8.36. The van der Waals surface area contributed by atoms with Crippen LogP contribution in [0.4, 0.5) is 0 Å². The number of carbonyl (C=O) groups excluding carboxylic acids is 1. The molecule has 2 rings (SSSR count). The maximum atomic E-state index is 12.7. The van der Waals surface area contributed by atoms with Crippen LogP contribution in [0.25, 0.3) is 0 Å². The number of nitrogens with zero attached hydrogens (tertiary/aromatic N) is 3. The number of hydrogen-bond acceptors (Lipinski definition) is 3. The van der Waals surface area contributed by atoms with E-state index in [9.17, 15) is 4.79 Å². The molecule has 0 saturated carbocycles. The lowest BCUT2D eigenvalue weighted by Gasteiger charge is -2.21. The zero-order valence-corrected chi connectivity index (χ0v) is 14.9. The van der Waals surface area contributed by atoms with E-state index in [2.05, 4.69) is 23.0 Å². The minimum absolute atomic E-state index is 0.0663. The third kappa shape index (κ3) is 4.56. The molecule has 0 bridgehead atoms. The van der Waals surface area contributed by atoms with Crippen molar-refractivity contribution in [3.8, 4) is 12.3 Å². The molecule has 0 saturated heterocycles. The minimum Gasteiger partial charge on any atom is -0.326 e. The van der Waals surface area contributed by atoms with Crippen molar-refractivity contribution in [1.82, 2.24) is 19.7 Å². The second-order valence-electron chi connectivity index (χ2n) is 5.72. The van der Waals surface area contributed by atoms with E-state index in [-0.39, 0.29) is 19.0 Å². The number of aromatic amines is 1. The van der Waals surface area contributed by atoms with Gasteiger partial charge in [-0.3, -0.25) is 14.5 Å². The molecule has 0 spiro atoms. The Morgan fingerprint density at radius 2 is 2.12 bits per heavy atom. The van der Waals surface area contributed by atoms with Gasteiger partial charge in [-0.1, -0.05) is 42.7 Å². The van der Waals surface area contributed by atoms with E-state index >= 15 is 0 Å². The summed E-state index contributed by atoms with van der Waals surface area (Å²) in [6, 6.07) is 8.08. The van der Waals surface area contributed by atoms with Crippen molar-refractivity contribution in [2.24, 2.45) is 0 Å². The smallest absolute Gasteiger partial charge is 0.243 e. The molecule has 0 unspecified atom stereocenters. The molecule has 126 valence electrons. The molecule has 1 heterocycles. The van der Waals surface area contributed by atoms with Crippen LogP contribution in [0.5, 0.6) is 0 Å². The Morgan fingerprint density at radius 1 is 1.42 bits per heavy atom. The Hall–Kier alpha value is -2.39. The van der Waals surface area contributed by atoms with Crippen molar-refractivity contribution in [2.75, 3.05) is 6.54 Å². The molecule has 0 fully saturated rings. The van der Waals surface area contributed by atoms with Crippen molar-refractivity contribution < 1.29 is 4.79 Å². The Bertz CT molecular complexity index is 783. The van der Waals surface area contributed by atoms with Gasteiger partial charge in [0.25, 0.3) is 0 Å². The van der Waals surface area contributed by atoms with Gasteiger partial charge in [0, 0.05) is 13.0 Å². The average Bonchev–Trinajstić information content (AvgIpc) is 2.90. The van der Waals surface area contributed by atoms with E-state index < -0.39 is 0 Å². The van der Waals surface area contributed by atoms with Crippen LogP contribution < -0.4 is 0 Å². The monoisotopic (exact) mass is 342 g/mol. The van der Waals surface area contributed by atoms with Crippen molar-refractivity contribution in [3.63, 3.8) is 0 Å². The Morgan fingerprint density at radius 3 is 2.75 bits per heavy atom. The Balaban J connectivity index is 2.14. The van der Waals surface area contributed by atoms with Crippen LogP contribution in [-0.4, -0.2) is 32.1 Å². The quantitative estimate of drug-likeness (QED) is 0.622. The molecule has 2 aromatic rings. The molecule has 0 radical (unpaired) electrons. The molecule has 0 aliphatic heterocycles. The van der Waals surface area contributed by atoms with Crippen LogP contribution in [0, 0.1) is 24.0 Å². The maximum Gasteiger partial charge on any atom is 0.243 e. The van der Waals surface area contributed by atoms with E-state index in [4.69, 9.17) is 18.6 Å². The van der Waals surface area contributed by atoms with Gasteiger partial charge in [-0.2, -0.15) is 5.10 Å². The van der Waals surface area contributed by atoms with Crippen molar-refractivity contribution >= 4 is 18.1 Å². The van der Waals surface area contributed by atoms with Crippen LogP contribution >= 0.6 is 12.2 Å². The van der Waals surface area contributed by atoms with Crippen LogP contribution in [0.15, 0.2) is 24.3 Å². The van der Waals surface area contributed by atoms with Crippen molar-refractivity contribution in [1.29, 1.82) is 0 Å². The highest BCUT2D eigenvalue weighted by Gasteiger charge is 2.16. The number of aryl methyl sites for hydroxylation is 2. The van der Waals surface area contributed by atoms with E-state index in [1.807, 2.05) is 31.2 Å². The summed E-state index contributed by atoms with van der Waals surface area (Å²) >= 11 is 5.23. The van der Waals surface area contributed by atoms with E-state index in [1.165, 1.54) is 5.56 Å². The highest BCUT2D eigenvalue weighted by Crippen LogP contribution is 2.09. The number of terminal acetylenes is 1. The second kappa shape index (κ2) is 8.46. The van der Waals surface area contributed by atoms with Gasteiger partial charge in [0.15, 0.2) is 4.77 Å². The molecule has 0 atom stereocenters. The predicted molar refractivity (Wildman–Crippen MR) is 96.8 cm³/mol. The van der Waals surface area contributed by atoms with Crippen molar-refractivity contribution in [3.05, 3.63) is 46.0 Å². The molecule has 1 aromatic carbocycles. The van der Waals surface area contributed by atoms with Crippen LogP contribution in [0.1, 0.15) is 30.3 Å². The summed E-state index contributed by atoms with van der Waals surface area (Å²) in [5.74, 6) is 3.29. The lowest BCUT2D eigenvalue weighted by atomic mass is 10.1. The third-order valence-electron chi connectivity index (χ3n) is 3.73. The molecule has 1 N–H and O–H groups in total. The standard InChI is InChI=1S/C18H22N4OS/c1-4-6-16-19-20-18(24)22(16)13-17(23)21(11-5-2)12-15-9-7-14(3)8-10-15/h2,7-10H,4,6,11-13H2,1,3H3,(H,20,24). The SMILES string of the molecule is C#CCN(Cc1ccc(C)cc1)C(=O)Cn1c(CCC)n[nH]c1=S. The molecule has 0 aliphatic rings. The molecule has 1 aromatic heterocycles. The summed E-state index contributed by atoms with van der Waals surface area (Å²) in [6.07, 6.45) is 7.14. The molecule has 0 aliphatic carbocycles. The fourth-order valence-corrected chi connectivity index (χ4v) is 2.63. The lowest BCUT2D eigenvalue weighted by molar-refractivity contribution is -0.131. The first kappa shape index (κ1) is 18.0. The predicted octanol–water partition coefficient (Wildman–Crippen LogP) is 2.86. The highest BCUT2D eigenvalue weighted by atomic mass is 32.1. The summed E-state index contributed by atoms with van der Waals surface area (Å²) in [5, 5.41) is 6.95. The molecule has 24 heavy (non-hydrogen) atoms. The highest BCUT2D eigenvalue weighted by molar-refractivity contribution is 7.71. The molecular formula is C18H22N4OS. The number of H-pyrrole nitrogens is 1. The zero-order valence-electron chi connectivity index (χ0n) is 14.1. The summed E-state index contributed by atoms with van der Waals surface area (Å²) in [4.78, 5) is 14.4. The summed E-state index contributed by atoms with van der Waals surface area (Å²) < 4.78 is 2.21. The van der Waals surface area contributed by atoms with Gasteiger partial charge in [-0.25, -0.2) is 0 Å². The largest absolute Gasteiger partial charge is 0.326 e. The van der Waals surface area contributed by atoms with Gasteiger partial charge >= 0.3 is 0 Å². The first-order valence-electron chi connectivity index (χ1n) is 7.96. The number of carbonyl (C=O) groups is 1. The number of amides is 1. The van der Waals surface area contributed by atoms with Gasteiger partial charge in [0.05, 0.1) is 6.54 Å². The molecule has 6 heteroatoms. The van der Waals surface area contributed by atoms with Gasteiger partial charge in [-0.15, -0.1) is 6.42 Å². The van der Waals surface area contributed by atoms with Gasteiger partial charge < -0.3 is 4.90 Å². The van der Waals surface area contributed by atoms with E-state index in [1.54, 1.807) is 9.47 Å². The molecular weight excluding hydrogens is 320 g/mol. The molecule has 5 nitrogen and oxygen atoms in total. The summed E-state index contributed by atoms with van der Waals surface area (Å²) in [6.45, 7) is 4.99. The number of rotatable bonds is 7. The topological polar surface area (TPSA) is 53.9 Å². The van der Waals surface area contributed by atoms with Gasteiger partial charge in [-0.05, 0) is 31.1 Å². The van der Waals surface area contributed by atoms with E-state index in [0.29, 0.717) is 11.3 Å². The number of benzene rings is 1. The van der Waals surface area contributed by atoms with Crippen molar-refractivity contribution in [2.45, 2.75) is 39.8 Å². The fraction of sp³-hybridized carbons (Fsp3) is 0.389. The van der Waals surface area contributed by atoms with Gasteiger partial charge in [0.2, 0.25) is 5.91 Å². The third-order valence-corrected chi connectivity index (χ3v) is 4.04. The zero-order chi connectivity index (χ0) is 17.5. The average molecular weight is 342 g/mol. The summed E-state index contributed by atoms with van der Waals surface area (Å²) in [5.41, 5.74) is 2.23. The first-order chi connectivity index (χ1) is 11.5. The second-order valence-corrected chi connectivity index (χ2v) is 6.11. The number of hydrogen-bond donors (Lipinski definition) is 1. The summed E-state index contributed by atoms with van der Waals surface area (Å²) in [7, 11) is 0. The Labute approximate surface area is 147 Å². The molecule has 1 amide bonds. The van der Waals surface area contributed by atoms with Crippen LogP contribution in [0.3, 0.4) is 0 Å². The van der Waals surface area contributed by atoms with Crippen LogP contribution in [0.2, 0.25) is 0 Å².